The first-order chi connectivity index (χ1) is 18.0. The summed E-state index contributed by atoms with van der Waals surface area (Å²) >= 11 is 0. The summed E-state index contributed by atoms with van der Waals surface area (Å²) in [5.74, 6) is -4.99. The molecule has 4 rings (SSSR count). The molecule has 1 aromatic carbocycles. The van der Waals surface area contributed by atoms with Gasteiger partial charge in [-0.15, -0.1) is 0 Å². The standard InChI is InChI=1S/C27H33F5N4O3/c1-16-7-10-33-23-19(27(30,31)32)5-6-20(22(16)23)35-12-9-18(14-35)34-21(37)13-17-8-11-36(15-26(17,28)29)24(38)39-25(2,3)4/h5-7,10,17-18H,8-9,11-15H2,1-4H3,(H,34,37). The van der Waals surface area contributed by atoms with Crippen LogP contribution in [0, 0.1) is 12.8 Å². The highest BCUT2D eigenvalue weighted by atomic mass is 19.4. The molecular formula is C27H33F5N4O3. The molecule has 214 valence electrons. The molecule has 0 radical (unpaired) electrons. The molecule has 2 amide bonds. The Hall–Kier alpha value is -3.18. The zero-order chi connectivity index (χ0) is 28.8. The van der Waals surface area contributed by atoms with E-state index in [1.165, 1.54) is 12.3 Å². The third-order valence-electron chi connectivity index (χ3n) is 7.11. The molecule has 2 fully saturated rings. The van der Waals surface area contributed by atoms with Gasteiger partial charge in [0.05, 0.1) is 17.6 Å². The third kappa shape index (κ3) is 6.52. The van der Waals surface area contributed by atoms with E-state index in [9.17, 15) is 31.5 Å². The number of fused-ring (bicyclic) bond motifs is 1. The van der Waals surface area contributed by atoms with Crippen LogP contribution in [0.5, 0.6) is 0 Å². The van der Waals surface area contributed by atoms with Crippen LogP contribution in [0.2, 0.25) is 0 Å². The van der Waals surface area contributed by atoms with Crippen molar-refractivity contribution in [2.75, 3.05) is 31.1 Å². The summed E-state index contributed by atoms with van der Waals surface area (Å²) in [4.78, 5) is 31.8. The quantitative estimate of drug-likeness (QED) is 0.501. The van der Waals surface area contributed by atoms with Crippen LogP contribution in [0.25, 0.3) is 10.9 Å². The number of piperidine rings is 1. The summed E-state index contributed by atoms with van der Waals surface area (Å²) in [6.07, 6.45) is -3.93. The topological polar surface area (TPSA) is 74.8 Å². The molecule has 2 aliphatic rings. The SMILES string of the molecule is Cc1ccnc2c(C(F)(F)F)ccc(N3CCC(NC(=O)CC4CCN(C(=O)OC(C)(C)C)CC4(F)F)C3)c12. The van der Waals surface area contributed by atoms with Crippen LogP contribution in [0.15, 0.2) is 24.4 Å². The highest BCUT2D eigenvalue weighted by molar-refractivity contribution is 5.97. The molecule has 0 bridgehead atoms. The lowest BCUT2D eigenvalue weighted by atomic mass is 9.89. The molecule has 1 N–H and O–H groups in total. The summed E-state index contributed by atoms with van der Waals surface area (Å²) in [6, 6.07) is 3.74. The number of amides is 2. The minimum absolute atomic E-state index is 0.0414. The van der Waals surface area contributed by atoms with E-state index in [4.69, 9.17) is 4.74 Å². The first-order valence-corrected chi connectivity index (χ1v) is 12.9. The van der Waals surface area contributed by atoms with E-state index in [1.54, 1.807) is 33.8 Å². The second-order valence-corrected chi connectivity index (χ2v) is 11.3. The van der Waals surface area contributed by atoms with E-state index < -0.39 is 54.1 Å². The van der Waals surface area contributed by atoms with Gasteiger partial charge in [-0.05, 0) is 64.3 Å². The van der Waals surface area contributed by atoms with Crippen molar-refractivity contribution >= 4 is 28.6 Å². The lowest BCUT2D eigenvalue weighted by Gasteiger charge is -2.38. The van der Waals surface area contributed by atoms with Gasteiger partial charge in [-0.1, -0.05) is 0 Å². The average Bonchev–Trinajstić information content (AvgIpc) is 3.26. The van der Waals surface area contributed by atoms with Crippen LogP contribution < -0.4 is 10.2 Å². The zero-order valence-corrected chi connectivity index (χ0v) is 22.4. The summed E-state index contributed by atoms with van der Waals surface area (Å²) < 4.78 is 75.6. The molecular weight excluding hydrogens is 523 g/mol. The predicted octanol–water partition coefficient (Wildman–Crippen LogP) is 5.54. The van der Waals surface area contributed by atoms with Crippen LogP contribution in [0.3, 0.4) is 0 Å². The largest absolute Gasteiger partial charge is 0.444 e. The van der Waals surface area contributed by atoms with Gasteiger partial charge in [0, 0.05) is 55.3 Å². The Morgan fingerprint density at radius 2 is 1.85 bits per heavy atom. The van der Waals surface area contributed by atoms with Crippen molar-refractivity contribution in [3.8, 4) is 0 Å². The summed E-state index contributed by atoms with van der Waals surface area (Å²) in [7, 11) is 0. The summed E-state index contributed by atoms with van der Waals surface area (Å²) in [6.45, 7) is 6.74. The van der Waals surface area contributed by atoms with E-state index in [1.807, 2.05) is 4.90 Å². The van der Waals surface area contributed by atoms with Crippen LogP contribution in [0.4, 0.5) is 32.4 Å². The number of likely N-dealkylation sites (tertiary alicyclic amines) is 1. The lowest BCUT2D eigenvalue weighted by molar-refractivity contribution is -0.136. The number of aromatic nitrogens is 1. The van der Waals surface area contributed by atoms with Gasteiger partial charge in [-0.25, -0.2) is 13.6 Å². The number of benzene rings is 1. The number of alkyl halides is 5. The highest BCUT2D eigenvalue weighted by Gasteiger charge is 2.47. The number of rotatable bonds is 4. The predicted molar refractivity (Wildman–Crippen MR) is 136 cm³/mol. The molecule has 2 atom stereocenters. The summed E-state index contributed by atoms with van der Waals surface area (Å²) in [5.41, 5.74) is -0.518. The molecule has 7 nitrogen and oxygen atoms in total. The Balaban J connectivity index is 1.38. The molecule has 0 saturated carbocycles. The maximum atomic E-state index is 14.8. The Bertz CT molecular complexity index is 1240. The van der Waals surface area contributed by atoms with Crippen LogP contribution in [0.1, 0.15) is 51.2 Å². The van der Waals surface area contributed by atoms with Gasteiger partial charge in [0.2, 0.25) is 5.91 Å². The molecule has 3 heterocycles. The molecule has 1 aromatic heterocycles. The minimum atomic E-state index is -4.55. The number of carbonyl (C=O) groups excluding carboxylic acids is 2. The number of nitrogens with one attached hydrogen (secondary N) is 1. The number of aryl methyl sites for hydroxylation is 1. The van der Waals surface area contributed by atoms with Crippen molar-refractivity contribution in [1.82, 2.24) is 15.2 Å². The second kappa shape index (κ2) is 10.4. The van der Waals surface area contributed by atoms with Gasteiger partial charge in [-0.2, -0.15) is 13.2 Å². The molecule has 2 unspecified atom stereocenters. The fraction of sp³-hybridized carbons (Fsp3) is 0.593. The van der Waals surface area contributed by atoms with Crippen LogP contribution in [-0.4, -0.2) is 65.6 Å². The van der Waals surface area contributed by atoms with E-state index in [2.05, 4.69) is 10.3 Å². The number of ether oxygens (including phenoxy) is 1. The zero-order valence-electron chi connectivity index (χ0n) is 22.4. The van der Waals surface area contributed by atoms with Gasteiger partial charge in [-0.3, -0.25) is 9.78 Å². The monoisotopic (exact) mass is 556 g/mol. The van der Waals surface area contributed by atoms with Gasteiger partial charge >= 0.3 is 12.3 Å². The maximum Gasteiger partial charge on any atom is 0.418 e. The van der Waals surface area contributed by atoms with Crippen molar-refractivity contribution in [2.45, 2.75) is 70.7 Å². The number of nitrogens with zero attached hydrogens (tertiary/aromatic N) is 3. The van der Waals surface area contributed by atoms with Gasteiger partial charge in [0.1, 0.15) is 5.60 Å². The number of halogens is 5. The Morgan fingerprint density at radius 3 is 2.49 bits per heavy atom. The fourth-order valence-corrected chi connectivity index (χ4v) is 5.23. The van der Waals surface area contributed by atoms with E-state index in [0.717, 1.165) is 11.0 Å². The molecule has 2 aliphatic heterocycles. The number of hydrogen-bond donors (Lipinski definition) is 1. The summed E-state index contributed by atoms with van der Waals surface area (Å²) in [5, 5.41) is 3.21. The Kier molecular flexibility index (Phi) is 7.70. The van der Waals surface area contributed by atoms with Crippen molar-refractivity contribution in [2.24, 2.45) is 5.92 Å². The number of pyridine rings is 1. The van der Waals surface area contributed by atoms with E-state index >= 15 is 0 Å². The minimum Gasteiger partial charge on any atom is -0.444 e. The lowest BCUT2D eigenvalue weighted by Crippen LogP contribution is -2.53. The first kappa shape index (κ1) is 28.8. The molecule has 12 heteroatoms. The molecule has 0 aliphatic carbocycles. The first-order valence-electron chi connectivity index (χ1n) is 12.9. The molecule has 2 saturated heterocycles. The van der Waals surface area contributed by atoms with Crippen molar-refractivity contribution in [3.63, 3.8) is 0 Å². The Labute approximate surface area is 223 Å². The van der Waals surface area contributed by atoms with E-state index in [-0.39, 0.29) is 24.5 Å². The second-order valence-electron chi connectivity index (χ2n) is 11.3. The Morgan fingerprint density at radius 1 is 1.13 bits per heavy atom. The van der Waals surface area contributed by atoms with Gasteiger partial charge in [0.25, 0.3) is 5.92 Å². The van der Waals surface area contributed by atoms with Crippen molar-refractivity contribution < 1.29 is 36.3 Å². The van der Waals surface area contributed by atoms with Crippen LogP contribution in [-0.2, 0) is 15.7 Å². The normalized spacial score (nSPS) is 21.8. The van der Waals surface area contributed by atoms with Gasteiger partial charge < -0.3 is 19.9 Å². The smallest absolute Gasteiger partial charge is 0.418 e. The molecule has 0 spiro atoms. The highest BCUT2D eigenvalue weighted by Crippen LogP contribution is 2.40. The fourth-order valence-electron chi connectivity index (χ4n) is 5.23. The van der Waals surface area contributed by atoms with Crippen molar-refractivity contribution in [3.05, 3.63) is 35.5 Å². The molecule has 39 heavy (non-hydrogen) atoms. The third-order valence-corrected chi connectivity index (χ3v) is 7.11. The van der Waals surface area contributed by atoms with Gasteiger partial charge in [0.15, 0.2) is 0 Å². The van der Waals surface area contributed by atoms with E-state index in [0.29, 0.717) is 36.1 Å². The van der Waals surface area contributed by atoms with Crippen molar-refractivity contribution in [1.29, 1.82) is 0 Å². The van der Waals surface area contributed by atoms with Crippen LogP contribution >= 0.6 is 0 Å². The molecule has 2 aromatic rings. The number of carbonyl (C=O) groups is 2. The average molecular weight is 557 g/mol. The number of anilines is 1. The number of hydrogen-bond acceptors (Lipinski definition) is 5. The maximum absolute atomic E-state index is 14.8.